The summed E-state index contributed by atoms with van der Waals surface area (Å²) in [6.07, 6.45) is 0. The quantitative estimate of drug-likeness (QED) is 0.758. The molecule has 2 N–H and O–H groups in total. The molecule has 0 saturated heterocycles. The van der Waals surface area contributed by atoms with Crippen LogP contribution in [0.25, 0.3) is 0 Å². The van der Waals surface area contributed by atoms with Gasteiger partial charge in [0.15, 0.2) is 0 Å². The normalized spacial score (nSPS) is 11.1. The van der Waals surface area contributed by atoms with E-state index in [1.165, 1.54) is 9.75 Å². The Balaban J connectivity index is 2.35. The van der Waals surface area contributed by atoms with Crippen LogP contribution in [-0.4, -0.2) is 31.3 Å². The predicted octanol–water partition coefficient (Wildman–Crippen LogP) is 2.00. The number of thiophene rings is 1. The summed E-state index contributed by atoms with van der Waals surface area (Å²) in [7, 11) is 4.20. The molecule has 4 heteroatoms. The van der Waals surface area contributed by atoms with Crippen LogP contribution in [0.15, 0.2) is 12.1 Å². The van der Waals surface area contributed by atoms with Crippen molar-refractivity contribution in [3.63, 3.8) is 0 Å². The minimum absolute atomic E-state index is 0.778. The van der Waals surface area contributed by atoms with E-state index >= 15 is 0 Å². The zero-order chi connectivity index (χ0) is 10.4. The van der Waals surface area contributed by atoms with Crippen molar-refractivity contribution in [1.82, 2.24) is 4.90 Å². The Bertz CT molecular complexity index is 258. The summed E-state index contributed by atoms with van der Waals surface area (Å²) in [5.74, 6) is 2.16. The van der Waals surface area contributed by atoms with E-state index in [0.717, 1.165) is 24.6 Å². The Hall–Kier alpha value is -0.0300. The van der Waals surface area contributed by atoms with E-state index in [4.69, 9.17) is 5.73 Å². The summed E-state index contributed by atoms with van der Waals surface area (Å²) < 4.78 is 0. The number of thioether (sulfide) groups is 1. The van der Waals surface area contributed by atoms with E-state index in [2.05, 4.69) is 31.1 Å². The maximum Gasteiger partial charge on any atom is 0.0321 e. The number of nitrogens with two attached hydrogens (primary N) is 1. The number of rotatable bonds is 6. The Labute approximate surface area is 94.5 Å². The Morgan fingerprint density at radius 3 is 2.71 bits per heavy atom. The summed E-state index contributed by atoms with van der Waals surface area (Å²) in [5.41, 5.74) is 5.44. The van der Waals surface area contributed by atoms with Crippen LogP contribution < -0.4 is 5.73 Å². The average Bonchev–Trinajstić information content (AvgIpc) is 2.52. The molecular weight excluding hydrogens is 212 g/mol. The molecule has 1 rings (SSSR count). The van der Waals surface area contributed by atoms with Gasteiger partial charge in [-0.15, -0.1) is 11.3 Å². The minimum atomic E-state index is 0.778. The fourth-order valence-corrected chi connectivity index (χ4v) is 3.18. The third kappa shape index (κ3) is 4.46. The van der Waals surface area contributed by atoms with Crippen LogP contribution in [0, 0.1) is 0 Å². The van der Waals surface area contributed by atoms with E-state index in [9.17, 15) is 0 Å². The van der Waals surface area contributed by atoms with Gasteiger partial charge in [-0.1, -0.05) is 0 Å². The molecule has 0 fully saturated rings. The summed E-state index contributed by atoms with van der Waals surface area (Å²) in [6.45, 7) is 1.83. The molecule has 0 unspecified atom stereocenters. The van der Waals surface area contributed by atoms with Crippen molar-refractivity contribution in [1.29, 1.82) is 0 Å². The molecule has 0 aliphatic carbocycles. The smallest absolute Gasteiger partial charge is 0.0321 e. The van der Waals surface area contributed by atoms with Gasteiger partial charge in [-0.3, -0.25) is 0 Å². The lowest BCUT2D eigenvalue weighted by molar-refractivity contribution is 0.406. The third-order valence-electron chi connectivity index (χ3n) is 1.70. The first-order valence-electron chi connectivity index (χ1n) is 4.72. The fourth-order valence-electron chi connectivity index (χ4n) is 1.15. The van der Waals surface area contributed by atoms with Gasteiger partial charge >= 0.3 is 0 Å². The lowest BCUT2D eigenvalue weighted by Crippen LogP contribution is -2.09. The lowest BCUT2D eigenvalue weighted by atomic mass is 10.4. The zero-order valence-corrected chi connectivity index (χ0v) is 10.5. The molecule has 0 aliphatic rings. The van der Waals surface area contributed by atoms with Crippen molar-refractivity contribution >= 4 is 23.1 Å². The highest BCUT2D eigenvalue weighted by Gasteiger charge is 2.01. The van der Waals surface area contributed by atoms with Gasteiger partial charge in [-0.05, 0) is 26.2 Å². The van der Waals surface area contributed by atoms with E-state index in [1.807, 2.05) is 23.1 Å². The molecule has 0 bridgehead atoms. The third-order valence-corrected chi connectivity index (χ3v) is 3.99. The molecule has 0 radical (unpaired) electrons. The maximum atomic E-state index is 5.44. The summed E-state index contributed by atoms with van der Waals surface area (Å²) in [5, 5.41) is 0. The van der Waals surface area contributed by atoms with Crippen molar-refractivity contribution in [3.8, 4) is 0 Å². The molecule has 1 heterocycles. The molecule has 0 saturated carbocycles. The van der Waals surface area contributed by atoms with Gasteiger partial charge in [0.2, 0.25) is 0 Å². The van der Waals surface area contributed by atoms with E-state index in [0.29, 0.717) is 0 Å². The topological polar surface area (TPSA) is 29.3 Å². The first-order valence-corrected chi connectivity index (χ1v) is 6.69. The van der Waals surface area contributed by atoms with Gasteiger partial charge in [0.05, 0.1) is 0 Å². The summed E-state index contributed by atoms with van der Waals surface area (Å²) in [6, 6.07) is 4.45. The number of hydrogen-bond donors (Lipinski definition) is 1. The van der Waals surface area contributed by atoms with Crippen molar-refractivity contribution in [2.75, 3.05) is 26.4 Å². The number of nitrogens with zero attached hydrogens (tertiary/aromatic N) is 1. The van der Waals surface area contributed by atoms with Crippen molar-refractivity contribution < 1.29 is 0 Å². The fraction of sp³-hybridized carbons (Fsp3) is 0.600. The van der Waals surface area contributed by atoms with Crippen LogP contribution in [0.3, 0.4) is 0 Å². The highest BCUT2D eigenvalue weighted by Crippen LogP contribution is 2.22. The largest absolute Gasteiger partial charge is 0.330 e. The standard InChI is InChI=1S/C10H18N2S2/c1-12(2)7-9-3-4-10(14-9)8-13-6-5-11/h3-4H,5-8,11H2,1-2H3. The van der Waals surface area contributed by atoms with Crippen LogP contribution in [-0.2, 0) is 12.3 Å². The van der Waals surface area contributed by atoms with Crippen molar-refractivity contribution in [2.45, 2.75) is 12.3 Å². The van der Waals surface area contributed by atoms with Gasteiger partial charge < -0.3 is 10.6 Å². The monoisotopic (exact) mass is 230 g/mol. The Morgan fingerprint density at radius 2 is 2.07 bits per heavy atom. The van der Waals surface area contributed by atoms with Gasteiger partial charge in [0.1, 0.15) is 0 Å². The molecule has 0 spiro atoms. The van der Waals surface area contributed by atoms with Crippen LogP contribution in [0.5, 0.6) is 0 Å². The summed E-state index contributed by atoms with van der Waals surface area (Å²) in [4.78, 5) is 5.10. The Morgan fingerprint density at radius 1 is 1.36 bits per heavy atom. The Kier molecular flexibility index (Phi) is 5.55. The second kappa shape index (κ2) is 6.45. The second-order valence-corrected chi connectivity index (χ2v) is 5.81. The van der Waals surface area contributed by atoms with Crippen LogP contribution in [0.2, 0.25) is 0 Å². The first-order chi connectivity index (χ1) is 6.72. The van der Waals surface area contributed by atoms with Crippen LogP contribution in [0.1, 0.15) is 9.75 Å². The van der Waals surface area contributed by atoms with E-state index in [-0.39, 0.29) is 0 Å². The van der Waals surface area contributed by atoms with Gasteiger partial charge in [-0.2, -0.15) is 11.8 Å². The van der Waals surface area contributed by atoms with Gasteiger partial charge in [0, 0.05) is 34.3 Å². The minimum Gasteiger partial charge on any atom is -0.330 e. The van der Waals surface area contributed by atoms with E-state index in [1.54, 1.807) is 0 Å². The predicted molar refractivity (Wildman–Crippen MR) is 66.9 cm³/mol. The van der Waals surface area contributed by atoms with Crippen molar-refractivity contribution in [3.05, 3.63) is 21.9 Å². The van der Waals surface area contributed by atoms with Gasteiger partial charge in [-0.25, -0.2) is 0 Å². The molecule has 0 aromatic carbocycles. The molecule has 1 aromatic heterocycles. The maximum absolute atomic E-state index is 5.44. The molecule has 0 amide bonds. The molecule has 0 atom stereocenters. The lowest BCUT2D eigenvalue weighted by Gasteiger charge is -2.05. The summed E-state index contributed by atoms with van der Waals surface area (Å²) >= 11 is 3.82. The van der Waals surface area contributed by atoms with Gasteiger partial charge in [0.25, 0.3) is 0 Å². The average molecular weight is 230 g/mol. The molecule has 14 heavy (non-hydrogen) atoms. The number of hydrogen-bond acceptors (Lipinski definition) is 4. The van der Waals surface area contributed by atoms with Crippen molar-refractivity contribution in [2.24, 2.45) is 5.73 Å². The molecule has 1 aromatic rings. The van der Waals surface area contributed by atoms with Crippen LogP contribution in [0.4, 0.5) is 0 Å². The highest BCUT2D eigenvalue weighted by atomic mass is 32.2. The molecular formula is C10H18N2S2. The van der Waals surface area contributed by atoms with E-state index < -0.39 is 0 Å². The SMILES string of the molecule is CN(C)Cc1ccc(CSCCN)s1. The van der Waals surface area contributed by atoms with Crippen LogP contribution >= 0.6 is 23.1 Å². The first kappa shape index (κ1) is 12.0. The molecule has 0 aliphatic heterocycles. The molecule has 80 valence electrons. The molecule has 2 nitrogen and oxygen atoms in total. The zero-order valence-electron chi connectivity index (χ0n) is 8.82. The second-order valence-electron chi connectivity index (χ2n) is 3.45. The highest BCUT2D eigenvalue weighted by molar-refractivity contribution is 7.98.